The normalized spacial score (nSPS) is 20.4. The minimum Gasteiger partial charge on any atom is -0.454 e. The smallest absolute Gasteiger partial charge is 0.306 e. The monoisotopic (exact) mass is 948 g/mol. The maximum Gasteiger partial charge on any atom is 0.306 e. The molecule has 1 fully saturated rings. The molecule has 0 aliphatic carbocycles. The van der Waals surface area contributed by atoms with Crippen LogP contribution in [0, 0.1) is 0 Å². The van der Waals surface area contributed by atoms with Crippen LogP contribution in [0.1, 0.15) is 233 Å². The van der Waals surface area contributed by atoms with Crippen molar-refractivity contribution in [3.8, 4) is 0 Å². The molecule has 0 aromatic heterocycles. The Morgan fingerprint density at radius 1 is 0.597 bits per heavy atom. The fourth-order valence-corrected chi connectivity index (χ4v) is 8.42. The number of rotatable bonds is 45. The van der Waals surface area contributed by atoms with Gasteiger partial charge in [-0.05, 0) is 44.9 Å². The molecule has 1 saturated heterocycles. The number of unbranched alkanes of at least 4 members (excludes halogenated alkanes) is 27. The molecule has 1 aliphatic rings. The number of allylic oxidation sites excluding steroid dienone is 7. The van der Waals surface area contributed by atoms with Gasteiger partial charge in [-0.3, -0.25) is 9.59 Å². The van der Waals surface area contributed by atoms with Crippen molar-refractivity contribution >= 4 is 11.9 Å². The number of aliphatic hydroxyl groups excluding tert-OH is 5. The van der Waals surface area contributed by atoms with E-state index in [9.17, 15) is 35.1 Å². The van der Waals surface area contributed by atoms with Gasteiger partial charge in [0.25, 0.3) is 0 Å². The average Bonchev–Trinajstić information content (AvgIpc) is 3.32. The van der Waals surface area contributed by atoms with Crippen molar-refractivity contribution in [1.82, 2.24) is 5.32 Å². The number of nitrogens with one attached hydrogen (secondary N) is 1. The van der Waals surface area contributed by atoms with Gasteiger partial charge >= 0.3 is 5.97 Å². The minimum absolute atomic E-state index is 0.111. The maximum absolute atomic E-state index is 13.3. The standard InChI is InChI=1S/C56H101NO10/c1-4-7-10-13-16-19-22-24-25-27-29-32-35-38-41-44-51(61)67-54-53(63)52(62)50(45-58)66-56(54)65-46-47(48(59)42-39-36-33-31-28-26-23-20-17-14-11-8-5-2)57-55(64)49(60)43-40-37-34-30-21-18-15-12-9-6-3/h7,10,13,16,19,22,39,42,47-50,52-54,56,58-60,62-63H,4-6,8-9,11-12,14-15,17-18,20-21,23-38,40-41,43-46H2,1-3H3,(H,57,64)/b10-7+,16-13+,22-19+,42-39+. The quantitative estimate of drug-likeness (QED) is 0.0149. The lowest BCUT2D eigenvalue weighted by molar-refractivity contribution is -0.305. The van der Waals surface area contributed by atoms with Crippen LogP contribution >= 0.6 is 0 Å². The zero-order valence-electron chi connectivity index (χ0n) is 42.8. The van der Waals surface area contributed by atoms with Crippen LogP contribution in [0.3, 0.4) is 0 Å². The molecule has 1 amide bonds. The Morgan fingerprint density at radius 2 is 1.07 bits per heavy atom. The Balaban J connectivity index is 2.76. The summed E-state index contributed by atoms with van der Waals surface area (Å²) in [5, 5.41) is 56.6. The molecule has 11 nitrogen and oxygen atoms in total. The molecule has 0 radical (unpaired) electrons. The molecule has 8 unspecified atom stereocenters. The molecule has 0 aromatic carbocycles. The number of amides is 1. The van der Waals surface area contributed by atoms with Crippen LogP contribution in [0.2, 0.25) is 0 Å². The van der Waals surface area contributed by atoms with E-state index < -0.39 is 67.4 Å². The lowest BCUT2D eigenvalue weighted by Crippen LogP contribution is -2.61. The zero-order chi connectivity index (χ0) is 49.0. The van der Waals surface area contributed by atoms with Crippen LogP contribution < -0.4 is 5.32 Å². The molecule has 1 aliphatic heterocycles. The summed E-state index contributed by atoms with van der Waals surface area (Å²) in [5.41, 5.74) is 0. The molecule has 0 spiro atoms. The molecular formula is C56H101NO10. The third-order valence-electron chi connectivity index (χ3n) is 12.8. The van der Waals surface area contributed by atoms with Crippen molar-refractivity contribution in [3.63, 3.8) is 0 Å². The second-order valence-electron chi connectivity index (χ2n) is 19.0. The first kappa shape index (κ1) is 62.6. The third kappa shape index (κ3) is 33.7. The summed E-state index contributed by atoms with van der Waals surface area (Å²) in [6, 6.07) is -1.02. The van der Waals surface area contributed by atoms with E-state index in [0.717, 1.165) is 89.9 Å². The van der Waals surface area contributed by atoms with Gasteiger partial charge in [0.05, 0.1) is 25.4 Å². The van der Waals surface area contributed by atoms with Gasteiger partial charge in [-0.2, -0.15) is 0 Å². The van der Waals surface area contributed by atoms with Gasteiger partial charge in [-0.1, -0.05) is 230 Å². The predicted molar refractivity (Wildman–Crippen MR) is 273 cm³/mol. The second kappa shape index (κ2) is 44.8. The van der Waals surface area contributed by atoms with Crippen LogP contribution in [0.15, 0.2) is 48.6 Å². The Kier molecular flexibility index (Phi) is 41.9. The van der Waals surface area contributed by atoms with Crippen molar-refractivity contribution in [2.45, 2.75) is 282 Å². The van der Waals surface area contributed by atoms with Crippen molar-refractivity contribution in [2.24, 2.45) is 0 Å². The van der Waals surface area contributed by atoms with E-state index in [4.69, 9.17) is 14.2 Å². The SMILES string of the molecule is CC/C=C/C=C/C=C/CCCCCCCCCC(=O)OC1C(OCC(NC(=O)C(O)CCCCCCCCCCCC)C(O)/C=C/CCCCCCCCCCCCC)OC(CO)C(O)C1O. The topological polar surface area (TPSA) is 175 Å². The van der Waals surface area contributed by atoms with Gasteiger partial charge in [0.2, 0.25) is 5.91 Å². The van der Waals surface area contributed by atoms with E-state index >= 15 is 0 Å². The van der Waals surface area contributed by atoms with Crippen LogP contribution in [0.5, 0.6) is 0 Å². The summed E-state index contributed by atoms with van der Waals surface area (Å²) in [6.45, 7) is 5.62. The van der Waals surface area contributed by atoms with Crippen molar-refractivity contribution in [3.05, 3.63) is 48.6 Å². The van der Waals surface area contributed by atoms with Gasteiger partial charge in [-0.25, -0.2) is 0 Å². The molecule has 8 atom stereocenters. The summed E-state index contributed by atoms with van der Waals surface area (Å²) < 4.78 is 17.5. The Morgan fingerprint density at radius 3 is 1.60 bits per heavy atom. The van der Waals surface area contributed by atoms with Crippen LogP contribution in [0.4, 0.5) is 0 Å². The molecule has 6 N–H and O–H groups in total. The summed E-state index contributed by atoms with van der Waals surface area (Å²) >= 11 is 0. The van der Waals surface area contributed by atoms with Gasteiger partial charge in [-0.15, -0.1) is 0 Å². The largest absolute Gasteiger partial charge is 0.454 e. The average molecular weight is 948 g/mol. The van der Waals surface area contributed by atoms with Crippen LogP contribution in [-0.2, 0) is 23.8 Å². The fourth-order valence-electron chi connectivity index (χ4n) is 8.42. The highest BCUT2D eigenvalue weighted by molar-refractivity contribution is 5.80. The molecular weight excluding hydrogens is 847 g/mol. The third-order valence-corrected chi connectivity index (χ3v) is 12.8. The summed E-state index contributed by atoms with van der Waals surface area (Å²) in [4.78, 5) is 26.4. The Hall–Kier alpha value is -2.38. The highest BCUT2D eigenvalue weighted by Crippen LogP contribution is 2.26. The van der Waals surface area contributed by atoms with E-state index in [1.165, 1.54) is 96.3 Å². The summed E-state index contributed by atoms with van der Waals surface area (Å²) in [7, 11) is 0. The molecule has 11 heteroatoms. The van der Waals surface area contributed by atoms with E-state index in [1.54, 1.807) is 6.08 Å². The maximum atomic E-state index is 13.3. The number of hydrogen-bond acceptors (Lipinski definition) is 10. The van der Waals surface area contributed by atoms with E-state index in [-0.39, 0.29) is 13.0 Å². The molecule has 67 heavy (non-hydrogen) atoms. The van der Waals surface area contributed by atoms with E-state index in [1.807, 2.05) is 12.2 Å². The predicted octanol–water partition coefficient (Wildman–Crippen LogP) is 11.7. The van der Waals surface area contributed by atoms with Gasteiger partial charge in [0.15, 0.2) is 12.4 Å². The van der Waals surface area contributed by atoms with Gasteiger partial charge in [0, 0.05) is 6.42 Å². The molecule has 0 aromatic rings. The first-order chi connectivity index (χ1) is 32.7. The lowest BCUT2D eigenvalue weighted by atomic mass is 9.99. The fraction of sp³-hybridized carbons (Fsp3) is 0.821. The number of aliphatic hydroxyl groups is 5. The first-order valence-corrected chi connectivity index (χ1v) is 27.4. The number of esters is 1. The van der Waals surface area contributed by atoms with Crippen molar-refractivity contribution in [2.75, 3.05) is 13.2 Å². The second-order valence-corrected chi connectivity index (χ2v) is 19.0. The first-order valence-electron chi connectivity index (χ1n) is 27.4. The zero-order valence-corrected chi connectivity index (χ0v) is 42.8. The van der Waals surface area contributed by atoms with Crippen molar-refractivity contribution < 1.29 is 49.3 Å². The van der Waals surface area contributed by atoms with Crippen LogP contribution in [-0.4, -0.2) is 99.6 Å². The summed E-state index contributed by atoms with van der Waals surface area (Å²) in [6.07, 6.45) is 41.6. The van der Waals surface area contributed by atoms with E-state index in [2.05, 4.69) is 56.5 Å². The Labute approximate surface area is 408 Å². The highest BCUT2D eigenvalue weighted by atomic mass is 16.7. The minimum atomic E-state index is -1.62. The molecule has 1 heterocycles. The summed E-state index contributed by atoms with van der Waals surface area (Å²) in [5.74, 6) is -1.21. The molecule has 1 rings (SSSR count). The number of carbonyl (C=O) groups excluding carboxylic acids is 2. The molecule has 0 bridgehead atoms. The number of carbonyl (C=O) groups is 2. The van der Waals surface area contributed by atoms with Gasteiger partial charge < -0.3 is 45.1 Å². The highest BCUT2D eigenvalue weighted by Gasteiger charge is 2.47. The Bertz CT molecular complexity index is 1270. The van der Waals surface area contributed by atoms with E-state index in [0.29, 0.717) is 19.3 Å². The van der Waals surface area contributed by atoms with Crippen molar-refractivity contribution in [1.29, 1.82) is 0 Å². The van der Waals surface area contributed by atoms with Crippen LogP contribution in [0.25, 0.3) is 0 Å². The molecule has 390 valence electrons. The number of hydrogen-bond donors (Lipinski definition) is 6. The molecule has 0 saturated carbocycles. The lowest BCUT2D eigenvalue weighted by Gasteiger charge is -2.41. The van der Waals surface area contributed by atoms with Gasteiger partial charge in [0.1, 0.15) is 24.4 Å². The number of ether oxygens (including phenoxy) is 3.